The molecule has 0 unspecified atom stereocenters. The Bertz CT molecular complexity index is 315. The molecule has 0 aromatic heterocycles. The number of nitrogens with zero attached hydrogens (tertiary/aromatic N) is 1. The standard InChI is InChI=1S/C10H11NO2S/c12-10-6-7-14-11(10)13-8-9-4-2-1-3-5-9/h1-5H,6-8H2. The predicted octanol–water partition coefficient (Wildman–Crippen LogP) is 2.00. The number of hydrogen-bond acceptors (Lipinski definition) is 3. The first kappa shape index (κ1) is 9.55. The van der Waals surface area contributed by atoms with Crippen LogP contribution in [0.25, 0.3) is 0 Å². The highest BCUT2D eigenvalue weighted by Crippen LogP contribution is 2.22. The van der Waals surface area contributed by atoms with Crippen LogP contribution >= 0.6 is 11.9 Å². The average molecular weight is 209 g/mol. The molecule has 2 rings (SSSR count). The molecule has 0 aliphatic carbocycles. The zero-order valence-electron chi connectivity index (χ0n) is 7.68. The van der Waals surface area contributed by atoms with Gasteiger partial charge in [0.1, 0.15) is 6.61 Å². The number of rotatable bonds is 3. The summed E-state index contributed by atoms with van der Waals surface area (Å²) < 4.78 is 1.38. The van der Waals surface area contributed by atoms with Crippen molar-refractivity contribution >= 4 is 17.9 Å². The van der Waals surface area contributed by atoms with Crippen LogP contribution in [0.1, 0.15) is 12.0 Å². The minimum absolute atomic E-state index is 0.0610. The molecule has 1 saturated heterocycles. The maximum Gasteiger partial charge on any atom is 0.257 e. The summed E-state index contributed by atoms with van der Waals surface area (Å²) in [7, 11) is 0. The van der Waals surface area contributed by atoms with Gasteiger partial charge in [-0.05, 0) is 17.5 Å². The van der Waals surface area contributed by atoms with Crippen LogP contribution in [0.5, 0.6) is 0 Å². The Morgan fingerprint density at radius 2 is 2.14 bits per heavy atom. The average Bonchev–Trinajstić information content (AvgIpc) is 2.63. The predicted molar refractivity (Wildman–Crippen MR) is 55.2 cm³/mol. The third-order valence-corrected chi connectivity index (χ3v) is 2.85. The zero-order chi connectivity index (χ0) is 9.80. The maximum atomic E-state index is 11.2. The summed E-state index contributed by atoms with van der Waals surface area (Å²) in [6.45, 7) is 0.458. The van der Waals surface area contributed by atoms with E-state index in [-0.39, 0.29) is 5.91 Å². The SMILES string of the molecule is O=C1CCSN1OCc1ccccc1. The molecule has 0 atom stereocenters. The Morgan fingerprint density at radius 1 is 1.36 bits per heavy atom. The molecule has 1 aromatic rings. The van der Waals surface area contributed by atoms with E-state index in [1.54, 1.807) is 0 Å². The van der Waals surface area contributed by atoms with Gasteiger partial charge in [0.2, 0.25) is 0 Å². The van der Waals surface area contributed by atoms with Crippen LogP contribution < -0.4 is 0 Å². The summed E-state index contributed by atoms with van der Waals surface area (Å²) in [4.78, 5) is 16.5. The fourth-order valence-corrected chi connectivity index (χ4v) is 1.99. The molecule has 0 saturated carbocycles. The lowest BCUT2D eigenvalue weighted by Crippen LogP contribution is -2.18. The number of benzene rings is 1. The van der Waals surface area contributed by atoms with Crippen molar-refractivity contribution in [2.24, 2.45) is 0 Å². The zero-order valence-corrected chi connectivity index (χ0v) is 8.50. The van der Waals surface area contributed by atoms with Gasteiger partial charge in [-0.3, -0.25) is 9.63 Å². The first-order valence-electron chi connectivity index (χ1n) is 4.49. The van der Waals surface area contributed by atoms with Gasteiger partial charge >= 0.3 is 0 Å². The van der Waals surface area contributed by atoms with Crippen molar-refractivity contribution in [3.05, 3.63) is 35.9 Å². The van der Waals surface area contributed by atoms with E-state index in [1.165, 1.54) is 16.4 Å². The van der Waals surface area contributed by atoms with E-state index >= 15 is 0 Å². The van der Waals surface area contributed by atoms with Gasteiger partial charge in [-0.25, -0.2) is 0 Å². The fraction of sp³-hybridized carbons (Fsp3) is 0.300. The summed E-state index contributed by atoms with van der Waals surface area (Å²) >= 11 is 1.43. The molecule has 0 radical (unpaired) electrons. The highest BCUT2D eigenvalue weighted by molar-refractivity contribution is 7.97. The third kappa shape index (κ3) is 2.27. The first-order chi connectivity index (χ1) is 6.86. The minimum Gasteiger partial charge on any atom is -0.272 e. The molecule has 1 fully saturated rings. The molecule has 1 heterocycles. The van der Waals surface area contributed by atoms with E-state index in [0.29, 0.717) is 13.0 Å². The Morgan fingerprint density at radius 3 is 2.79 bits per heavy atom. The van der Waals surface area contributed by atoms with Crippen molar-refractivity contribution in [3.63, 3.8) is 0 Å². The van der Waals surface area contributed by atoms with E-state index in [2.05, 4.69) is 0 Å². The summed E-state index contributed by atoms with van der Waals surface area (Å²) in [5, 5.41) is 0. The monoisotopic (exact) mass is 209 g/mol. The van der Waals surface area contributed by atoms with Crippen molar-refractivity contribution in [1.82, 2.24) is 4.47 Å². The van der Waals surface area contributed by atoms with Gasteiger partial charge in [-0.2, -0.15) is 4.47 Å². The fourth-order valence-electron chi connectivity index (χ4n) is 1.20. The molecule has 0 spiro atoms. The van der Waals surface area contributed by atoms with Gasteiger partial charge in [0, 0.05) is 12.2 Å². The second-order valence-electron chi connectivity index (χ2n) is 2.99. The van der Waals surface area contributed by atoms with Crippen LogP contribution in [0, 0.1) is 0 Å². The van der Waals surface area contributed by atoms with Crippen LogP contribution in [0.4, 0.5) is 0 Å². The first-order valence-corrected chi connectivity index (χ1v) is 5.43. The van der Waals surface area contributed by atoms with E-state index in [1.807, 2.05) is 30.3 Å². The topological polar surface area (TPSA) is 29.5 Å². The molecular formula is C10H11NO2S. The van der Waals surface area contributed by atoms with Crippen LogP contribution in [0.2, 0.25) is 0 Å². The van der Waals surface area contributed by atoms with Crippen LogP contribution in [0.15, 0.2) is 30.3 Å². The van der Waals surface area contributed by atoms with Crippen molar-refractivity contribution in [2.75, 3.05) is 5.75 Å². The Kier molecular flexibility index (Phi) is 3.06. The van der Waals surface area contributed by atoms with E-state index in [9.17, 15) is 4.79 Å². The maximum absolute atomic E-state index is 11.2. The molecule has 3 nitrogen and oxygen atoms in total. The van der Waals surface area contributed by atoms with E-state index in [0.717, 1.165) is 11.3 Å². The molecule has 0 N–H and O–H groups in total. The quantitative estimate of drug-likeness (QED) is 0.713. The van der Waals surface area contributed by atoms with Gasteiger partial charge in [-0.1, -0.05) is 30.3 Å². The minimum atomic E-state index is 0.0610. The molecule has 1 aromatic carbocycles. The number of hydroxylamine groups is 1. The smallest absolute Gasteiger partial charge is 0.257 e. The van der Waals surface area contributed by atoms with Crippen molar-refractivity contribution < 1.29 is 9.63 Å². The van der Waals surface area contributed by atoms with Gasteiger partial charge in [-0.15, -0.1) is 0 Å². The van der Waals surface area contributed by atoms with Crippen LogP contribution in [0.3, 0.4) is 0 Å². The largest absolute Gasteiger partial charge is 0.272 e. The van der Waals surface area contributed by atoms with Gasteiger partial charge in [0.05, 0.1) is 0 Å². The summed E-state index contributed by atoms with van der Waals surface area (Å²) in [6, 6.07) is 9.82. The summed E-state index contributed by atoms with van der Waals surface area (Å²) in [5.74, 6) is 0.888. The lowest BCUT2D eigenvalue weighted by molar-refractivity contribution is -0.156. The summed E-state index contributed by atoms with van der Waals surface area (Å²) in [6.07, 6.45) is 0.583. The molecule has 4 heteroatoms. The molecule has 1 amide bonds. The van der Waals surface area contributed by atoms with E-state index in [4.69, 9.17) is 4.84 Å². The Hall–Kier alpha value is -1.00. The van der Waals surface area contributed by atoms with Gasteiger partial charge in [0.15, 0.2) is 0 Å². The van der Waals surface area contributed by atoms with Crippen LogP contribution in [-0.4, -0.2) is 16.1 Å². The highest BCUT2D eigenvalue weighted by atomic mass is 32.2. The second kappa shape index (κ2) is 4.48. The number of hydrogen-bond donors (Lipinski definition) is 0. The number of carbonyl (C=O) groups excluding carboxylic acids is 1. The van der Waals surface area contributed by atoms with Gasteiger partial charge < -0.3 is 0 Å². The molecule has 1 aliphatic rings. The molecule has 0 bridgehead atoms. The van der Waals surface area contributed by atoms with Gasteiger partial charge in [0.25, 0.3) is 5.91 Å². The lowest BCUT2D eigenvalue weighted by Gasteiger charge is -2.12. The molecule has 14 heavy (non-hydrogen) atoms. The Balaban J connectivity index is 1.85. The third-order valence-electron chi connectivity index (χ3n) is 1.92. The normalized spacial score (nSPS) is 16.3. The van der Waals surface area contributed by atoms with Crippen molar-refractivity contribution in [3.8, 4) is 0 Å². The summed E-state index contributed by atoms with van der Waals surface area (Å²) in [5.41, 5.74) is 1.08. The lowest BCUT2D eigenvalue weighted by atomic mass is 10.2. The number of amides is 1. The molecule has 74 valence electrons. The number of carbonyl (C=O) groups is 1. The Labute approximate surface area is 87.1 Å². The van der Waals surface area contributed by atoms with Crippen molar-refractivity contribution in [1.29, 1.82) is 0 Å². The highest BCUT2D eigenvalue weighted by Gasteiger charge is 2.22. The second-order valence-corrected chi connectivity index (χ2v) is 3.99. The van der Waals surface area contributed by atoms with Crippen LogP contribution in [-0.2, 0) is 16.2 Å². The van der Waals surface area contributed by atoms with Crippen molar-refractivity contribution in [2.45, 2.75) is 13.0 Å². The molecular weight excluding hydrogens is 198 g/mol. The van der Waals surface area contributed by atoms with E-state index < -0.39 is 0 Å². The molecule has 1 aliphatic heterocycles.